The van der Waals surface area contributed by atoms with E-state index >= 15 is 0 Å². The van der Waals surface area contributed by atoms with Crippen LogP contribution in [0, 0.1) is 13.8 Å². The standard InChI is InChI=1S/C24H22N2O3/c1-15-11-16(2)13-20(12-15)28-17(3)23(27)25-19-8-6-7-18(14-19)24-26-21-9-4-5-10-22(21)29-24/h4-14,17H,1-3H3,(H,25,27)/t17-/m1/s1. The van der Waals surface area contributed by atoms with E-state index in [-0.39, 0.29) is 5.91 Å². The van der Waals surface area contributed by atoms with E-state index in [1.807, 2.05) is 74.5 Å². The summed E-state index contributed by atoms with van der Waals surface area (Å²) in [4.78, 5) is 17.1. The fourth-order valence-electron chi connectivity index (χ4n) is 3.23. The van der Waals surface area contributed by atoms with Crippen LogP contribution in [0.5, 0.6) is 5.75 Å². The molecule has 1 atom stereocenters. The van der Waals surface area contributed by atoms with E-state index in [2.05, 4.69) is 16.4 Å². The summed E-state index contributed by atoms with van der Waals surface area (Å²) in [7, 11) is 0. The Balaban J connectivity index is 1.49. The van der Waals surface area contributed by atoms with Crippen LogP contribution in [0.2, 0.25) is 0 Å². The van der Waals surface area contributed by atoms with E-state index in [1.165, 1.54) is 0 Å². The molecule has 5 nitrogen and oxygen atoms in total. The monoisotopic (exact) mass is 386 g/mol. The summed E-state index contributed by atoms with van der Waals surface area (Å²) < 4.78 is 11.6. The highest BCUT2D eigenvalue weighted by atomic mass is 16.5. The van der Waals surface area contributed by atoms with Crippen molar-refractivity contribution in [1.82, 2.24) is 4.98 Å². The van der Waals surface area contributed by atoms with E-state index in [9.17, 15) is 4.79 Å². The molecule has 0 fully saturated rings. The zero-order chi connectivity index (χ0) is 20.4. The van der Waals surface area contributed by atoms with Gasteiger partial charge >= 0.3 is 0 Å². The van der Waals surface area contributed by atoms with Crippen LogP contribution < -0.4 is 10.1 Å². The number of rotatable bonds is 5. The average molecular weight is 386 g/mol. The average Bonchev–Trinajstić information content (AvgIpc) is 3.11. The largest absolute Gasteiger partial charge is 0.481 e. The van der Waals surface area contributed by atoms with Crippen LogP contribution in [0.3, 0.4) is 0 Å². The first kappa shape index (κ1) is 18.7. The first-order valence-corrected chi connectivity index (χ1v) is 9.50. The summed E-state index contributed by atoms with van der Waals surface area (Å²) in [6.45, 7) is 5.74. The molecule has 1 heterocycles. The zero-order valence-corrected chi connectivity index (χ0v) is 16.6. The number of carbonyl (C=O) groups excluding carboxylic acids is 1. The predicted molar refractivity (Wildman–Crippen MR) is 114 cm³/mol. The smallest absolute Gasteiger partial charge is 0.265 e. The number of anilines is 1. The summed E-state index contributed by atoms with van der Waals surface area (Å²) in [6.07, 6.45) is -0.635. The summed E-state index contributed by atoms with van der Waals surface area (Å²) in [5.74, 6) is 0.978. The van der Waals surface area contributed by atoms with Crippen molar-refractivity contribution in [3.8, 4) is 17.2 Å². The lowest BCUT2D eigenvalue weighted by Crippen LogP contribution is -2.30. The minimum Gasteiger partial charge on any atom is -0.481 e. The van der Waals surface area contributed by atoms with E-state index in [4.69, 9.17) is 9.15 Å². The van der Waals surface area contributed by atoms with Crippen molar-refractivity contribution < 1.29 is 13.9 Å². The Kier molecular flexibility index (Phi) is 5.04. The van der Waals surface area contributed by atoms with Crippen LogP contribution in [-0.2, 0) is 4.79 Å². The highest BCUT2D eigenvalue weighted by molar-refractivity contribution is 5.94. The van der Waals surface area contributed by atoms with Crippen LogP contribution in [0.4, 0.5) is 5.69 Å². The summed E-state index contributed by atoms with van der Waals surface area (Å²) >= 11 is 0. The van der Waals surface area contributed by atoms with Crippen molar-refractivity contribution in [3.63, 3.8) is 0 Å². The lowest BCUT2D eigenvalue weighted by Gasteiger charge is -2.16. The molecule has 0 saturated carbocycles. The number of ether oxygens (including phenoxy) is 1. The normalized spacial score (nSPS) is 12.0. The van der Waals surface area contributed by atoms with Gasteiger partial charge in [-0.25, -0.2) is 4.98 Å². The molecule has 0 spiro atoms. The van der Waals surface area contributed by atoms with Crippen LogP contribution >= 0.6 is 0 Å². The van der Waals surface area contributed by atoms with Crippen molar-refractivity contribution >= 4 is 22.7 Å². The van der Waals surface area contributed by atoms with Crippen LogP contribution in [-0.4, -0.2) is 17.0 Å². The van der Waals surface area contributed by atoms with Gasteiger partial charge in [-0.15, -0.1) is 0 Å². The fraction of sp³-hybridized carbons (Fsp3) is 0.167. The molecule has 0 bridgehead atoms. The topological polar surface area (TPSA) is 64.4 Å². The van der Waals surface area contributed by atoms with Gasteiger partial charge in [-0.1, -0.05) is 24.3 Å². The zero-order valence-electron chi connectivity index (χ0n) is 16.6. The van der Waals surface area contributed by atoms with Crippen LogP contribution in [0.1, 0.15) is 18.1 Å². The van der Waals surface area contributed by atoms with Gasteiger partial charge in [0.25, 0.3) is 5.91 Å². The number of hydrogen-bond acceptors (Lipinski definition) is 4. The minimum absolute atomic E-state index is 0.223. The molecular weight excluding hydrogens is 364 g/mol. The molecule has 5 heteroatoms. The van der Waals surface area contributed by atoms with Gasteiger partial charge in [0.2, 0.25) is 5.89 Å². The van der Waals surface area contributed by atoms with Gasteiger partial charge in [0.15, 0.2) is 11.7 Å². The number of nitrogens with zero attached hydrogens (tertiary/aromatic N) is 1. The molecule has 146 valence electrons. The molecule has 0 saturated heterocycles. The van der Waals surface area contributed by atoms with Crippen LogP contribution in [0.15, 0.2) is 71.1 Å². The third-order valence-electron chi connectivity index (χ3n) is 4.55. The van der Waals surface area contributed by atoms with Gasteiger partial charge in [0, 0.05) is 11.3 Å². The Labute approximate surface area is 169 Å². The second kappa shape index (κ2) is 7.80. The number of para-hydroxylation sites is 2. The van der Waals surface area contributed by atoms with Gasteiger partial charge in [0.05, 0.1) is 0 Å². The van der Waals surface area contributed by atoms with Gasteiger partial charge < -0.3 is 14.5 Å². The lowest BCUT2D eigenvalue weighted by molar-refractivity contribution is -0.122. The van der Waals surface area contributed by atoms with Gasteiger partial charge in [-0.3, -0.25) is 4.79 Å². The van der Waals surface area contributed by atoms with Crippen LogP contribution in [0.25, 0.3) is 22.6 Å². The number of benzene rings is 3. The number of oxazole rings is 1. The van der Waals surface area contributed by atoms with E-state index in [0.717, 1.165) is 27.8 Å². The second-order valence-corrected chi connectivity index (χ2v) is 7.14. The highest BCUT2D eigenvalue weighted by Crippen LogP contribution is 2.26. The highest BCUT2D eigenvalue weighted by Gasteiger charge is 2.16. The summed E-state index contributed by atoms with van der Waals surface area (Å²) in [5, 5.41) is 2.90. The van der Waals surface area contributed by atoms with Crippen molar-refractivity contribution in [2.75, 3.05) is 5.32 Å². The molecule has 1 aromatic heterocycles. The van der Waals surface area contributed by atoms with Crippen molar-refractivity contribution in [1.29, 1.82) is 0 Å². The number of fused-ring (bicyclic) bond motifs is 1. The molecule has 0 aliphatic carbocycles. The van der Waals surface area contributed by atoms with E-state index in [0.29, 0.717) is 17.3 Å². The maximum absolute atomic E-state index is 12.6. The summed E-state index contributed by atoms with van der Waals surface area (Å²) in [6, 6.07) is 20.9. The number of carbonyl (C=O) groups is 1. The van der Waals surface area contributed by atoms with Crippen molar-refractivity contribution in [3.05, 3.63) is 77.9 Å². The number of amides is 1. The third-order valence-corrected chi connectivity index (χ3v) is 4.55. The Morgan fingerprint density at radius 1 is 1.00 bits per heavy atom. The number of aryl methyl sites for hydroxylation is 2. The first-order chi connectivity index (χ1) is 14.0. The quantitative estimate of drug-likeness (QED) is 0.491. The van der Waals surface area contributed by atoms with Crippen molar-refractivity contribution in [2.45, 2.75) is 26.9 Å². The van der Waals surface area contributed by atoms with Gasteiger partial charge in [0.1, 0.15) is 11.3 Å². The molecular formula is C24H22N2O3. The van der Waals surface area contributed by atoms with Crippen molar-refractivity contribution in [2.24, 2.45) is 0 Å². The molecule has 0 aliphatic rings. The van der Waals surface area contributed by atoms with E-state index < -0.39 is 6.10 Å². The molecule has 29 heavy (non-hydrogen) atoms. The fourth-order valence-corrected chi connectivity index (χ4v) is 3.23. The molecule has 0 unspecified atom stereocenters. The van der Waals surface area contributed by atoms with Gasteiger partial charge in [-0.2, -0.15) is 0 Å². The molecule has 0 aliphatic heterocycles. The Bertz CT molecular complexity index is 1130. The first-order valence-electron chi connectivity index (χ1n) is 9.50. The Morgan fingerprint density at radius 3 is 2.52 bits per heavy atom. The minimum atomic E-state index is -0.635. The molecule has 4 aromatic rings. The number of aromatic nitrogens is 1. The molecule has 1 N–H and O–H groups in total. The Hall–Kier alpha value is -3.60. The maximum Gasteiger partial charge on any atom is 0.265 e. The maximum atomic E-state index is 12.6. The number of nitrogens with one attached hydrogen (secondary N) is 1. The molecule has 1 amide bonds. The Morgan fingerprint density at radius 2 is 1.76 bits per heavy atom. The number of hydrogen-bond donors (Lipinski definition) is 1. The molecule has 3 aromatic carbocycles. The van der Waals surface area contributed by atoms with E-state index in [1.54, 1.807) is 6.92 Å². The molecule has 4 rings (SSSR count). The summed E-state index contributed by atoms with van der Waals surface area (Å²) in [5.41, 5.74) is 5.17. The second-order valence-electron chi connectivity index (χ2n) is 7.14. The SMILES string of the molecule is Cc1cc(C)cc(O[C@H](C)C(=O)Nc2cccc(-c3nc4ccccc4o3)c2)c1. The third kappa shape index (κ3) is 4.29. The lowest BCUT2D eigenvalue weighted by atomic mass is 10.1. The predicted octanol–water partition coefficient (Wildman–Crippen LogP) is 5.52. The van der Waals surface area contributed by atoms with Gasteiger partial charge in [-0.05, 0) is 74.4 Å². The molecule has 0 radical (unpaired) electrons.